The van der Waals surface area contributed by atoms with Gasteiger partial charge in [-0.05, 0) is 57.9 Å². The van der Waals surface area contributed by atoms with Gasteiger partial charge in [0.1, 0.15) is 5.58 Å². The molecular formula is C21H25N3O5S. The molecule has 1 fully saturated rings. The zero-order valence-electron chi connectivity index (χ0n) is 17.3. The number of aromatic nitrogens is 2. The van der Waals surface area contributed by atoms with Crippen molar-refractivity contribution in [2.75, 3.05) is 13.2 Å². The molecule has 1 saturated heterocycles. The molecule has 30 heavy (non-hydrogen) atoms. The third kappa shape index (κ3) is 3.31. The van der Waals surface area contributed by atoms with Crippen LogP contribution in [0.2, 0.25) is 0 Å². The molecule has 9 heteroatoms. The Hall–Kier alpha value is -2.65. The third-order valence-corrected chi connectivity index (χ3v) is 7.47. The van der Waals surface area contributed by atoms with Gasteiger partial charge in [-0.2, -0.15) is 9.40 Å². The van der Waals surface area contributed by atoms with Crippen molar-refractivity contribution >= 4 is 27.0 Å². The number of carbonyl (C=O) groups is 1. The van der Waals surface area contributed by atoms with E-state index in [0.717, 1.165) is 18.5 Å². The molecule has 1 aliphatic rings. The first-order valence-electron chi connectivity index (χ1n) is 10.1. The maximum absolute atomic E-state index is 13.5. The molecule has 0 saturated carbocycles. The summed E-state index contributed by atoms with van der Waals surface area (Å²) in [7, 11) is -3.73. The molecule has 0 unspecified atom stereocenters. The van der Waals surface area contributed by atoms with Gasteiger partial charge in [-0.3, -0.25) is 4.68 Å². The lowest BCUT2D eigenvalue weighted by Gasteiger charge is -2.24. The first-order chi connectivity index (χ1) is 14.4. The summed E-state index contributed by atoms with van der Waals surface area (Å²) in [6, 6.07) is 6.35. The Kier molecular flexibility index (Phi) is 5.42. The molecule has 0 radical (unpaired) electrons. The molecule has 0 bridgehead atoms. The molecule has 160 valence electrons. The van der Waals surface area contributed by atoms with Crippen LogP contribution in [-0.2, 0) is 21.3 Å². The Morgan fingerprint density at radius 3 is 2.83 bits per heavy atom. The largest absolute Gasteiger partial charge is 0.460 e. The predicted octanol–water partition coefficient (Wildman–Crippen LogP) is 3.66. The van der Waals surface area contributed by atoms with Crippen LogP contribution in [0.1, 0.15) is 54.5 Å². The second-order valence-corrected chi connectivity index (χ2v) is 9.17. The van der Waals surface area contributed by atoms with Gasteiger partial charge in [-0.1, -0.05) is 0 Å². The number of nitrogens with zero attached hydrogens (tertiary/aromatic N) is 3. The van der Waals surface area contributed by atoms with E-state index in [-0.39, 0.29) is 23.3 Å². The van der Waals surface area contributed by atoms with Crippen LogP contribution in [0.4, 0.5) is 0 Å². The highest BCUT2D eigenvalue weighted by Crippen LogP contribution is 2.37. The summed E-state index contributed by atoms with van der Waals surface area (Å²) >= 11 is 0. The second-order valence-electron chi connectivity index (χ2n) is 7.28. The molecule has 0 aliphatic carbocycles. The van der Waals surface area contributed by atoms with Crippen LogP contribution >= 0.6 is 0 Å². The smallest absolute Gasteiger partial charge is 0.374 e. The molecule has 1 aromatic carbocycles. The van der Waals surface area contributed by atoms with Crippen molar-refractivity contribution in [3.63, 3.8) is 0 Å². The van der Waals surface area contributed by atoms with Crippen LogP contribution in [0.25, 0.3) is 11.0 Å². The van der Waals surface area contributed by atoms with Gasteiger partial charge in [0, 0.05) is 30.2 Å². The number of ether oxygens (including phenoxy) is 1. The summed E-state index contributed by atoms with van der Waals surface area (Å²) in [5, 5.41) is 4.89. The minimum absolute atomic E-state index is 0.104. The normalized spacial score (nSPS) is 17.6. The van der Waals surface area contributed by atoms with E-state index in [1.807, 2.05) is 17.7 Å². The lowest BCUT2D eigenvalue weighted by atomic mass is 10.1. The van der Waals surface area contributed by atoms with E-state index >= 15 is 0 Å². The molecule has 1 aliphatic heterocycles. The van der Waals surface area contributed by atoms with E-state index in [1.165, 1.54) is 6.07 Å². The molecule has 3 aromatic rings. The van der Waals surface area contributed by atoms with Crippen LogP contribution in [-0.4, -0.2) is 41.6 Å². The van der Waals surface area contributed by atoms with Gasteiger partial charge in [0.05, 0.1) is 23.2 Å². The van der Waals surface area contributed by atoms with Crippen LogP contribution < -0.4 is 0 Å². The Morgan fingerprint density at radius 1 is 1.30 bits per heavy atom. The van der Waals surface area contributed by atoms with E-state index < -0.39 is 16.0 Å². The van der Waals surface area contributed by atoms with Crippen LogP contribution in [0.15, 0.2) is 39.8 Å². The number of rotatable bonds is 6. The molecule has 1 atom stereocenters. The van der Waals surface area contributed by atoms with Gasteiger partial charge in [0.15, 0.2) is 0 Å². The first kappa shape index (κ1) is 20.6. The number of esters is 1. The van der Waals surface area contributed by atoms with Gasteiger partial charge in [-0.25, -0.2) is 13.2 Å². The molecule has 3 heterocycles. The number of sulfonamides is 1. The zero-order chi connectivity index (χ0) is 21.5. The minimum atomic E-state index is -3.73. The van der Waals surface area contributed by atoms with Crippen LogP contribution in [0.3, 0.4) is 0 Å². The summed E-state index contributed by atoms with van der Waals surface area (Å²) in [6.45, 7) is 6.81. The SMILES string of the molecule is CCOC(=O)c1oc2ccc(S(=O)(=O)N3CCC[C@H]3c3ccnn3CC)cc2c1C. The van der Waals surface area contributed by atoms with Crippen molar-refractivity contribution in [2.45, 2.75) is 51.1 Å². The van der Waals surface area contributed by atoms with E-state index in [1.54, 1.807) is 36.5 Å². The first-order valence-corrected chi connectivity index (χ1v) is 11.6. The maximum atomic E-state index is 13.5. The molecule has 4 rings (SSSR count). The zero-order valence-corrected chi connectivity index (χ0v) is 18.1. The van der Waals surface area contributed by atoms with E-state index in [9.17, 15) is 13.2 Å². The molecular weight excluding hydrogens is 406 g/mol. The topological polar surface area (TPSA) is 94.6 Å². The van der Waals surface area contributed by atoms with Gasteiger partial charge in [-0.15, -0.1) is 0 Å². The van der Waals surface area contributed by atoms with Crippen molar-refractivity contribution in [3.05, 3.63) is 47.5 Å². The van der Waals surface area contributed by atoms with E-state index in [2.05, 4.69) is 5.10 Å². The summed E-state index contributed by atoms with van der Waals surface area (Å²) in [5.41, 5.74) is 1.93. The van der Waals surface area contributed by atoms with Gasteiger partial charge in [0.2, 0.25) is 15.8 Å². The average Bonchev–Trinajstić information content (AvgIpc) is 3.46. The third-order valence-electron chi connectivity index (χ3n) is 5.57. The minimum Gasteiger partial charge on any atom is -0.460 e. The fourth-order valence-electron chi connectivity index (χ4n) is 4.10. The number of fused-ring (bicyclic) bond motifs is 1. The highest BCUT2D eigenvalue weighted by molar-refractivity contribution is 7.89. The number of aryl methyl sites for hydroxylation is 2. The Balaban J connectivity index is 1.73. The van der Waals surface area contributed by atoms with Crippen molar-refractivity contribution in [1.82, 2.24) is 14.1 Å². The van der Waals surface area contributed by atoms with Crippen LogP contribution in [0, 0.1) is 6.92 Å². The summed E-state index contributed by atoms with van der Waals surface area (Å²) in [6.07, 6.45) is 3.25. The highest BCUT2D eigenvalue weighted by Gasteiger charge is 2.38. The van der Waals surface area contributed by atoms with Gasteiger partial charge in [0.25, 0.3) is 0 Å². The van der Waals surface area contributed by atoms with Gasteiger partial charge < -0.3 is 9.15 Å². The fourth-order valence-corrected chi connectivity index (χ4v) is 5.80. The Labute approximate surface area is 175 Å². The number of benzene rings is 1. The fraction of sp³-hybridized carbons (Fsp3) is 0.429. The predicted molar refractivity (Wildman–Crippen MR) is 111 cm³/mol. The quantitative estimate of drug-likeness (QED) is 0.553. The number of furan rings is 1. The lowest BCUT2D eigenvalue weighted by Crippen LogP contribution is -2.31. The van der Waals surface area contributed by atoms with Crippen molar-refractivity contribution in [1.29, 1.82) is 0 Å². The van der Waals surface area contributed by atoms with Crippen molar-refractivity contribution in [3.8, 4) is 0 Å². The Morgan fingerprint density at radius 2 is 2.10 bits per heavy atom. The maximum Gasteiger partial charge on any atom is 0.374 e. The van der Waals surface area contributed by atoms with Crippen molar-refractivity contribution in [2.24, 2.45) is 0 Å². The monoisotopic (exact) mass is 431 g/mol. The van der Waals surface area contributed by atoms with E-state index in [0.29, 0.717) is 29.6 Å². The summed E-state index contributed by atoms with van der Waals surface area (Å²) in [5.74, 6) is -0.449. The summed E-state index contributed by atoms with van der Waals surface area (Å²) < 4.78 is 41.1. The number of carbonyl (C=O) groups excluding carboxylic acids is 1. The Bertz CT molecular complexity index is 1190. The number of hydrogen-bond acceptors (Lipinski definition) is 6. The summed E-state index contributed by atoms with van der Waals surface area (Å²) in [4.78, 5) is 12.3. The highest BCUT2D eigenvalue weighted by atomic mass is 32.2. The molecule has 0 spiro atoms. The standard InChI is InChI=1S/C21H25N3O5S/c1-4-23-17(10-11-22-23)18-7-6-12-24(18)30(26,27)15-8-9-19-16(13-15)14(3)20(29-19)21(25)28-5-2/h8-11,13,18H,4-7,12H2,1-3H3/t18-/m0/s1. The van der Waals surface area contributed by atoms with Crippen molar-refractivity contribution < 1.29 is 22.4 Å². The second kappa shape index (κ2) is 7.88. The van der Waals surface area contributed by atoms with Gasteiger partial charge >= 0.3 is 5.97 Å². The average molecular weight is 432 g/mol. The van der Waals surface area contributed by atoms with Crippen LogP contribution in [0.5, 0.6) is 0 Å². The van der Waals surface area contributed by atoms with E-state index in [4.69, 9.17) is 9.15 Å². The molecule has 2 aromatic heterocycles. The molecule has 0 amide bonds. The lowest BCUT2D eigenvalue weighted by molar-refractivity contribution is 0.0491. The molecule has 8 nitrogen and oxygen atoms in total. The molecule has 0 N–H and O–H groups in total. The number of hydrogen-bond donors (Lipinski definition) is 0.